The molecule has 0 saturated carbocycles. The van der Waals surface area contributed by atoms with E-state index >= 15 is 0 Å². The summed E-state index contributed by atoms with van der Waals surface area (Å²) in [5, 5.41) is 3.59. The molecule has 1 amide bonds. The quantitative estimate of drug-likeness (QED) is 0.549. The highest BCUT2D eigenvalue weighted by atomic mass is 35.5. The van der Waals surface area contributed by atoms with E-state index in [9.17, 15) is 4.79 Å². The number of rotatable bonds is 4. The molecule has 0 bridgehead atoms. The van der Waals surface area contributed by atoms with Gasteiger partial charge in [-0.15, -0.1) is 5.73 Å². The van der Waals surface area contributed by atoms with Gasteiger partial charge in [0.15, 0.2) is 0 Å². The number of anilines is 1. The molecule has 4 heteroatoms. The van der Waals surface area contributed by atoms with Crippen molar-refractivity contribution in [1.29, 1.82) is 0 Å². The first kappa shape index (κ1) is 20.2. The van der Waals surface area contributed by atoms with Gasteiger partial charge in [0.1, 0.15) is 6.61 Å². The van der Waals surface area contributed by atoms with Crippen molar-refractivity contribution in [2.75, 3.05) is 19.0 Å². The zero-order chi connectivity index (χ0) is 20.9. The maximum atomic E-state index is 11.8. The molecule has 1 aliphatic rings. The number of aryl methyl sites for hydroxylation is 2. The Morgan fingerprint density at radius 2 is 1.83 bits per heavy atom. The Hall–Kier alpha value is -3.10. The predicted octanol–water partition coefficient (Wildman–Crippen LogP) is 5.77. The lowest BCUT2D eigenvalue weighted by Crippen LogP contribution is -2.16. The number of amides is 1. The van der Waals surface area contributed by atoms with Gasteiger partial charge in [-0.05, 0) is 71.0 Å². The Morgan fingerprint density at radius 1 is 1.03 bits per heavy atom. The van der Waals surface area contributed by atoms with Crippen LogP contribution in [0.3, 0.4) is 0 Å². The van der Waals surface area contributed by atoms with Crippen molar-refractivity contribution < 1.29 is 9.53 Å². The van der Waals surface area contributed by atoms with Gasteiger partial charge in [0.25, 0.3) is 0 Å². The number of carbonyl (C=O) groups excluding carboxylic acids is 1. The molecule has 0 unspecified atom stereocenters. The summed E-state index contributed by atoms with van der Waals surface area (Å²) in [6.45, 7) is 0.0280. The third-order valence-electron chi connectivity index (χ3n) is 5.12. The van der Waals surface area contributed by atoms with Crippen LogP contribution in [0.2, 0.25) is 5.02 Å². The molecule has 3 aromatic carbocycles. The second-order valence-corrected chi connectivity index (χ2v) is 7.67. The first-order valence-corrected chi connectivity index (χ1v) is 10.2. The topological polar surface area (TPSA) is 38.3 Å². The summed E-state index contributed by atoms with van der Waals surface area (Å²) in [7, 11) is 1.50. The van der Waals surface area contributed by atoms with E-state index in [4.69, 9.17) is 16.3 Å². The first-order chi connectivity index (χ1) is 14.6. The minimum atomic E-state index is -0.180. The number of hydrogen-bond donors (Lipinski definition) is 1. The number of fused-ring (bicyclic) bond motifs is 2. The fourth-order valence-electron chi connectivity index (χ4n) is 3.76. The van der Waals surface area contributed by atoms with Crippen LogP contribution in [0.5, 0.6) is 0 Å². The van der Waals surface area contributed by atoms with Crippen LogP contribution in [0, 0.1) is 0 Å². The summed E-state index contributed by atoms with van der Waals surface area (Å²) < 4.78 is 4.87. The molecule has 4 rings (SSSR count). The van der Waals surface area contributed by atoms with Crippen molar-refractivity contribution in [2.24, 2.45) is 0 Å². The largest absolute Gasteiger partial charge is 0.375 e. The molecule has 0 fully saturated rings. The molecule has 30 heavy (non-hydrogen) atoms. The zero-order valence-corrected chi connectivity index (χ0v) is 17.5. The summed E-state index contributed by atoms with van der Waals surface area (Å²) in [5.74, 6) is -0.180. The number of nitrogens with one attached hydrogen (secondary N) is 1. The third kappa shape index (κ3) is 4.55. The van der Waals surface area contributed by atoms with Crippen LogP contribution in [0.4, 0.5) is 5.69 Å². The standard InChI is InChI=1S/C26H22ClNO2/c1-30-17-26(29)28-22-7-4-5-18(15-22)9-13-25-23-8-3-2-6-19(23)10-11-20-16-21(27)12-14-24(20)25/h2-9,12,14-16H,10-11,17H2,1H3,(H,28,29). The molecule has 150 valence electrons. The molecular formula is C26H22ClNO2. The highest BCUT2D eigenvalue weighted by molar-refractivity contribution is 6.30. The van der Waals surface area contributed by atoms with Crippen LogP contribution >= 0.6 is 11.6 Å². The van der Waals surface area contributed by atoms with Crippen LogP contribution in [0.25, 0.3) is 11.6 Å². The Morgan fingerprint density at radius 3 is 2.70 bits per heavy atom. The molecule has 0 aromatic heterocycles. The minimum absolute atomic E-state index is 0.0280. The average molecular weight is 416 g/mol. The van der Waals surface area contributed by atoms with E-state index in [1.165, 1.54) is 23.8 Å². The van der Waals surface area contributed by atoms with E-state index in [1.54, 1.807) is 0 Å². The Labute approximate surface area is 181 Å². The van der Waals surface area contributed by atoms with E-state index in [0.29, 0.717) is 0 Å². The number of ether oxygens (including phenoxy) is 1. The average Bonchev–Trinajstić information content (AvgIpc) is 2.89. The molecular weight excluding hydrogens is 394 g/mol. The molecule has 1 N–H and O–H groups in total. The zero-order valence-electron chi connectivity index (χ0n) is 16.7. The molecule has 0 atom stereocenters. The van der Waals surface area contributed by atoms with Crippen LogP contribution in [-0.2, 0) is 22.4 Å². The van der Waals surface area contributed by atoms with Crippen molar-refractivity contribution >= 4 is 34.8 Å². The summed E-state index contributed by atoms with van der Waals surface area (Å²) >= 11 is 6.26. The van der Waals surface area contributed by atoms with Crippen LogP contribution < -0.4 is 5.32 Å². The van der Waals surface area contributed by atoms with Crippen molar-refractivity contribution in [3.8, 4) is 0 Å². The van der Waals surface area contributed by atoms with Crippen molar-refractivity contribution in [1.82, 2.24) is 0 Å². The fraction of sp³-hybridized carbons (Fsp3) is 0.154. The van der Waals surface area contributed by atoms with E-state index < -0.39 is 0 Å². The lowest BCUT2D eigenvalue weighted by atomic mass is 9.94. The SMILES string of the molecule is COCC(=O)Nc1cccc(C=C=C2c3ccccc3CCc3cc(Cl)ccc32)c1. The number of methoxy groups -OCH3 is 1. The van der Waals surface area contributed by atoms with Crippen LogP contribution in [0.15, 0.2) is 72.5 Å². The molecule has 1 aliphatic carbocycles. The molecule has 3 aromatic rings. The first-order valence-electron chi connectivity index (χ1n) is 9.86. The third-order valence-corrected chi connectivity index (χ3v) is 5.35. The Kier molecular flexibility index (Phi) is 6.15. The van der Waals surface area contributed by atoms with Crippen molar-refractivity contribution in [2.45, 2.75) is 12.8 Å². The minimum Gasteiger partial charge on any atom is -0.375 e. The maximum absolute atomic E-state index is 11.8. The highest BCUT2D eigenvalue weighted by Gasteiger charge is 2.17. The highest BCUT2D eigenvalue weighted by Crippen LogP contribution is 2.34. The van der Waals surface area contributed by atoms with Gasteiger partial charge in [-0.25, -0.2) is 0 Å². The van der Waals surface area contributed by atoms with Crippen molar-refractivity contribution in [3.63, 3.8) is 0 Å². The number of carbonyl (C=O) groups is 1. The summed E-state index contributed by atoms with van der Waals surface area (Å²) in [6.07, 6.45) is 3.87. The number of halogens is 1. The molecule has 0 radical (unpaired) electrons. The fourth-order valence-corrected chi connectivity index (χ4v) is 3.95. The molecule has 0 heterocycles. The second-order valence-electron chi connectivity index (χ2n) is 7.23. The normalized spacial score (nSPS) is 12.3. The van der Waals surface area contributed by atoms with Gasteiger partial charge in [0, 0.05) is 23.4 Å². The number of hydrogen-bond acceptors (Lipinski definition) is 2. The van der Waals surface area contributed by atoms with Gasteiger partial charge in [-0.1, -0.05) is 54.1 Å². The smallest absolute Gasteiger partial charge is 0.250 e. The lowest BCUT2D eigenvalue weighted by molar-refractivity contribution is -0.119. The summed E-state index contributed by atoms with van der Waals surface area (Å²) in [6, 6.07) is 22.2. The Balaban J connectivity index is 1.78. The van der Waals surface area contributed by atoms with Gasteiger partial charge >= 0.3 is 0 Å². The lowest BCUT2D eigenvalue weighted by Gasteiger charge is -2.10. The predicted molar refractivity (Wildman–Crippen MR) is 123 cm³/mol. The van der Waals surface area contributed by atoms with E-state index in [-0.39, 0.29) is 12.5 Å². The van der Waals surface area contributed by atoms with Gasteiger partial charge in [-0.3, -0.25) is 4.79 Å². The molecule has 0 saturated heterocycles. The number of benzene rings is 3. The summed E-state index contributed by atoms with van der Waals surface area (Å²) in [5.41, 5.74) is 11.2. The molecule has 0 aliphatic heterocycles. The van der Waals surface area contributed by atoms with Crippen molar-refractivity contribution in [3.05, 3.63) is 105 Å². The Bertz CT molecular complexity index is 1160. The second kappa shape index (κ2) is 9.15. The van der Waals surface area contributed by atoms with Gasteiger partial charge < -0.3 is 10.1 Å². The van der Waals surface area contributed by atoms with E-state index in [2.05, 4.69) is 47.4 Å². The van der Waals surface area contributed by atoms with Gasteiger partial charge in [0.05, 0.1) is 0 Å². The van der Waals surface area contributed by atoms with E-state index in [1.807, 2.05) is 36.4 Å². The van der Waals surface area contributed by atoms with Gasteiger partial charge in [0.2, 0.25) is 5.91 Å². The van der Waals surface area contributed by atoms with Crippen LogP contribution in [0.1, 0.15) is 27.8 Å². The monoisotopic (exact) mass is 415 g/mol. The van der Waals surface area contributed by atoms with Gasteiger partial charge in [-0.2, -0.15) is 0 Å². The molecule has 0 spiro atoms. The maximum Gasteiger partial charge on any atom is 0.250 e. The molecule has 3 nitrogen and oxygen atoms in total. The summed E-state index contributed by atoms with van der Waals surface area (Å²) in [4.78, 5) is 11.8. The van der Waals surface area contributed by atoms with E-state index in [0.717, 1.165) is 40.3 Å². The van der Waals surface area contributed by atoms with Crippen LogP contribution in [-0.4, -0.2) is 19.6 Å².